The van der Waals surface area contributed by atoms with Crippen LogP contribution in [0.15, 0.2) is 24.3 Å². The number of carbonyl (C=O) groups excluding carboxylic acids is 2. The summed E-state index contributed by atoms with van der Waals surface area (Å²) in [5, 5.41) is 3.08. The van der Waals surface area contributed by atoms with Crippen molar-refractivity contribution in [2.45, 2.75) is 63.6 Å². The molecule has 25 heavy (non-hydrogen) atoms. The highest BCUT2D eigenvalue weighted by Gasteiger charge is 2.47. The Morgan fingerprint density at radius 2 is 2.00 bits per heavy atom. The minimum atomic E-state index is -0.0583. The quantitative estimate of drug-likeness (QED) is 0.919. The maximum Gasteiger partial charge on any atom is 0.317 e. The smallest absolute Gasteiger partial charge is 0.317 e. The van der Waals surface area contributed by atoms with E-state index in [2.05, 4.69) is 41.4 Å². The van der Waals surface area contributed by atoms with Gasteiger partial charge in [0.25, 0.3) is 0 Å². The van der Waals surface area contributed by atoms with E-state index in [1.54, 1.807) is 0 Å². The lowest BCUT2D eigenvalue weighted by molar-refractivity contribution is -0.133. The summed E-state index contributed by atoms with van der Waals surface area (Å²) in [4.78, 5) is 28.8. The molecule has 0 radical (unpaired) electrons. The molecular weight excluding hydrogens is 314 g/mol. The normalized spacial score (nSPS) is 22.5. The number of nitrogens with zero attached hydrogens (tertiary/aromatic N) is 2. The second kappa shape index (κ2) is 6.36. The number of urea groups is 1. The van der Waals surface area contributed by atoms with E-state index in [0.717, 1.165) is 45.2 Å². The highest BCUT2D eigenvalue weighted by molar-refractivity contribution is 5.80. The molecule has 1 N–H and O–H groups in total. The molecule has 3 aliphatic rings. The van der Waals surface area contributed by atoms with Crippen LogP contribution in [0.1, 0.15) is 49.7 Å². The Morgan fingerprint density at radius 3 is 2.68 bits per heavy atom. The number of hydrogen-bond donors (Lipinski definition) is 1. The van der Waals surface area contributed by atoms with Gasteiger partial charge in [-0.2, -0.15) is 0 Å². The first-order chi connectivity index (χ1) is 12.1. The van der Waals surface area contributed by atoms with Crippen molar-refractivity contribution in [3.63, 3.8) is 0 Å². The summed E-state index contributed by atoms with van der Waals surface area (Å²) in [7, 11) is 0. The van der Waals surface area contributed by atoms with Crippen LogP contribution >= 0.6 is 0 Å². The van der Waals surface area contributed by atoms with Crippen molar-refractivity contribution >= 4 is 11.9 Å². The second-order valence-electron chi connectivity index (χ2n) is 7.90. The Labute approximate surface area is 149 Å². The number of nitrogens with one attached hydrogen (secondary N) is 1. The van der Waals surface area contributed by atoms with Gasteiger partial charge in [0.2, 0.25) is 5.91 Å². The van der Waals surface area contributed by atoms with Gasteiger partial charge in [-0.1, -0.05) is 29.8 Å². The number of hydrogen-bond acceptors (Lipinski definition) is 2. The van der Waals surface area contributed by atoms with Crippen molar-refractivity contribution in [2.24, 2.45) is 0 Å². The Bertz CT molecular complexity index is 675. The molecule has 2 saturated heterocycles. The Morgan fingerprint density at radius 1 is 1.24 bits per heavy atom. The molecule has 3 amide bonds. The van der Waals surface area contributed by atoms with Crippen LogP contribution in [0.25, 0.3) is 0 Å². The SMILES string of the molecule is Cc1cccc(CN2C(=O)CCC23CCN(C(=O)NC2CC2)CC3)c1. The molecule has 5 heteroatoms. The Balaban J connectivity index is 1.43. The molecule has 2 heterocycles. The van der Waals surface area contributed by atoms with E-state index in [1.165, 1.54) is 11.1 Å². The number of amides is 3. The van der Waals surface area contributed by atoms with Crippen molar-refractivity contribution in [1.82, 2.24) is 15.1 Å². The molecule has 1 aromatic rings. The van der Waals surface area contributed by atoms with E-state index >= 15 is 0 Å². The Hall–Kier alpha value is -2.04. The molecule has 134 valence electrons. The van der Waals surface area contributed by atoms with Crippen LogP contribution in [-0.2, 0) is 11.3 Å². The summed E-state index contributed by atoms with van der Waals surface area (Å²) >= 11 is 0. The minimum Gasteiger partial charge on any atom is -0.335 e. The molecule has 3 fully saturated rings. The lowest BCUT2D eigenvalue weighted by atomic mass is 9.84. The lowest BCUT2D eigenvalue weighted by Gasteiger charge is -2.45. The first kappa shape index (κ1) is 16.4. The van der Waals surface area contributed by atoms with E-state index in [1.807, 2.05) is 4.90 Å². The highest BCUT2D eigenvalue weighted by Crippen LogP contribution is 2.40. The van der Waals surface area contributed by atoms with Crippen LogP contribution in [0.2, 0.25) is 0 Å². The zero-order valence-corrected chi connectivity index (χ0v) is 15.0. The predicted octanol–water partition coefficient (Wildman–Crippen LogP) is 2.82. The van der Waals surface area contributed by atoms with Gasteiger partial charge in [0, 0.05) is 37.6 Å². The molecule has 2 aliphatic heterocycles. The predicted molar refractivity (Wildman–Crippen MR) is 96.1 cm³/mol. The molecule has 0 bridgehead atoms. The topological polar surface area (TPSA) is 52.7 Å². The average Bonchev–Trinajstić information content (AvgIpc) is 3.37. The third-order valence-corrected chi connectivity index (χ3v) is 5.99. The van der Waals surface area contributed by atoms with Crippen LogP contribution in [0.3, 0.4) is 0 Å². The third kappa shape index (κ3) is 3.37. The summed E-state index contributed by atoms with van der Waals surface area (Å²) in [5.41, 5.74) is 2.37. The minimum absolute atomic E-state index is 0.0583. The van der Waals surface area contributed by atoms with E-state index < -0.39 is 0 Å². The standard InChI is InChI=1S/C20H27N3O2/c1-15-3-2-4-16(13-15)14-23-18(24)7-8-20(23)9-11-22(12-10-20)19(25)21-17-5-6-17/h2-4,13,17H,5-12,14H2,1H3,(H,21,25). The summed E-state index contributed by atoms with van der Waals surface area (Å²) in [6.07, 6.45) is 5.58. The molecule has 5 nitrogen and oxygen atoms in total. The number of piperidine rings is 1. The summed E-state index contributed by atoms with van der Waals surface area (Å²) < 4.78 is 0. The molecule has 1 spiro atoms. The van der Waals surface area contributed by atoms with Crippen LogP contribution in [0, 0.1) is 6.92 Å². The summed E-state index contributed by atoms with van der Waals surface area (Å²) in [5.74, 6) is 0.261. The zero-order chi connectivity index (χ0) is 17.4. The monoisotopic (exact) mass is 341 g/mol. The van der Waals surface area contributed by atoms with E-state index in [9.17, 15) is 9.59 Å². The van der Waals surface area contributed by atoms with Crippen LogP contribution < -0.4 is 5.32 Å². The third-order valence-electron chi connectivity index (χ3n) is 5.99. The fourth-order valence-corrected chi connectivity index (χ4v) is 4.26. The van der Waals surface area contributed by atoms with Gasteiger partial charge >= 0.3 is 6.03 Å². The van der Waals surface area contributed by atoms with Gasteiger partial charge < -0.3 is 15.1 Å². The molecule has 0 atom stereocenters. The van der Waals surface area contributed by atoms with Gasteiger partial charge in [-0.3, -0.25) is 4.79 Å². The van der Waals surface area contributed by atoms with Crippen molar-refractivity contribution in [1.29, 1.82) is 0 Å². The Kier molecular flexibility index (Phi) is 4.18. The van der Waals surface area contributed by atoms with Crippen molar-refractivity contribution < 1.29 is 9.59 Å². The fraction of sp³-hybridized carbons (Fsp3) is 0.600. The molecular formula is C20H27N3O2. The fourth-order valence-electron chi connectivity index (χ4n) is 4.26. The maximum absolute atomic E-state index is 12.5. The number of carbonyl (C=O) groups is 2. The maximum atomic E-state index is 12.5. The van der Waals surface area contributed by atoms with Gasteiger partial charge in [-0.15, -0.1) is 0 Å². The highest BCUT2D eigenvalue weighted by atomic mass is 16.2. The first-order valence-corrected chi connectivity index (χ1v) is 9.47. The number of rotatable bonds is 3. The van der Waals surface area contributed by atoms with E-state index in [-0.39, 0.29) is 17.5 Å². The van der Waals surface area contributed by atoms with Gasteiger partial charge in [-0.05, 0) is 44.6 Å². The van der Waals surface area contributed by atoms with E-state index in [0.29, 0.717) is 19.0 Å². The average molecular weight is 341 g/mol. The molecule has 1 saturated carbocycles. The van der Waals surface area contributed by atoms with Gasteiger partial charge in [0.15, 0.2) is 0 Å². The van der Waals surface area contributed by atoms with E-state index in [4.69, 9.17) is 0 Å². The zero-order valence-electron chi connectivity index (χ0n) is 15.0. The summed E-state index contributed by atoms with van der Waals surface area (Å²) in [6.45, 7) is 4.27. The van der Waals surface area contributed by atoms with Crippen LogP contribution in [0.5, 0.6) is 0 Å². The van der Waals surface area contributed by atoms with Gasteiger partial charge in [0.1, 0.15) is 0 Å². The van der Waals surface area contributed by atoms with Crippen molar-refractivity contribution in [3.05, 3.63) is 35.4 Å². The van der Waals surface area contributed by atoms with Crippen molar-refractivity contribution in [3.8, 4) is 0 Å². The van der Waals surface area contributed by atoms with Crippen LogP contribution in [0.4, 0.5) is 4.79 Å². The van der Waals surface area contributed by atoms with Gasteiger partial charge in [0.05, 0.1) is 0 Å². The van der Waals surface area contributed by atoms with Crippen molar-refractivity contribution in [2.75, 3.05) is 13.1 Å². The first-order valence-electron chi connectivity index (χ1n) is 9.47. The molecule has 1 aromatic carbocycles. The number of aryl methyl sites for hydroxylation is 1. The second-order valence-corrected chi connectivity index (χ2v) is 7.90. The molecule has 0 aromatic heterocycles. The van der Waals surface area contributed by atoms with Crippen LogP contribution in [-0.4, -0.2) is 46.4 Å². The lowest BCUT2D eigenvalue weighted by Crippen LogP contribution is -2.55. The van der Waals surface area contributed by atoms with Gasteiger partial charge in [-0.25, -0.2) is 4.79 Å². The number of benzene rings is 1. The largest absolute Gasteiger partial charge is 0.335 e. The number of likely N-dealkylation sites (tertiary alicyclic amines) is 2. The molecule has 1 aliphatic carbocycles. The summed E-state index contributed by atoms with van der Waals surface area (Å²) in [6, 6.07) is 8.88. The molecule has 4 rings (SSSR count). The molecule has 0 unspecified atom stereocenters.